The maximum Gasteiger partial charge on any atom is 0.272 e. The molecule has 15 heavy (non-hydrogen) atoms. The Balaban J connectivity index is 2.69. The standard InChI is InChI=1S/C10H13NO3S/c1-8-7-9(15-6-2-5-12)3-4-10(8)11(13)14/h3-4,7,12H,2,5-6H2,1H3. The van der Waals surface area contributed by atoms with E-state index in [0.717, 1.165) is 17.1 Å². The fourth-order valence-corrected chi connectivity index (χ4v) is 2.11. The van der Waals surface area contributed by atoms with Crippen LogP contribution in [0.25, 0.3) is 0 Å². The molecule has 1 N–H and O–H groups in total. The molecule has 1 rings (SSSR count). The first-order valence-corrected chi connectivity index (χ1v) is 5.62. The summed E-state index contributed by atoms with van der Waals surface area (Å²) in [6.07, 6.45) is 0.737. The van der Waals surface area contributed by atoms with E-state index in [2.05, 4.69) is 0 Å². The highest BCUT2D eigenvalue weighted by Gasteiger charge is 2.09. The zero-order valence-electron chi connectivity index (χ0n) is 8.47. The van der Waals surface area contributed by atoms with Crippen LogP contribution in [0.4, 0.5) is 5.69 Å². The zero-order valence-corrected chi connectivity index (χ0v) is 9.29. The molecule has 4 nitrogen and oxygen atoms in total. The molecule has 5 heteroatoms. The number of nitrogens with zero attached hydrogens (tertiary/aromatic N) is 1. The Hall–Kier alpha value is -1.07. The third-order valence-corrected chi connectivity index (χ3v) is 3.02. The number of rotatable bonds is 5. The van der Waals surface area contributed by atoms with Crippen LogP contribution >= 0.6 is 11.8 Å². The Morgan fingerprint density at radius 2 is 2.27 bits per heavy atom. The van der Waals surface area contributed by atoms with Crippen molar-refractivity contribution >= 4 is 17.4 Å². The second kappa shape index (κ2) is 5.72. The van der Waals surface area contributed by atoms with Gasteiger partial charge in [0.25, 0.3) is 5.69 Å². The van der Waals surface area contributed by atoms with Crippen molar-refractivity contribution < 1.29 is 10.0 Å². The second-order valence-corrected chi connectivity index (χ2v) is 4.30. The molecular formula is C10H13NO3S. The number of nitro benzene ring substituents is 1. The van der Waals surface area contributed by atoms with Gasteiger partial charge in [-0.15, -0.1) is 11.8 Å². The number of hydrogen-bond acceptors (Lipinski definition) is 4. The van der Waals surface area contributed by atoms with Crippen LogP contribution in [-0.4, -0.2) is 22.4 Å². The third-order valence-electron chi connectivity index (χ3n) is 1.94. The van der Waals surface area contributed by atoms with Gasteiger partial charge in [-0.3, -0.25) is 10.1 Å². The summed E-state index contributed by atoms with van der Waals surface area (Å²) in [4.78, 5) is 11.2. The first-order chi connectivity index (χ1) is 7.15. The van der Waals surface area contributed by atoms with E-state index >= 15 is 0 Å². The van der Waals surface area contributed by atoms with Crippen LogP contribution in [0.5, 0.6) is 0 Å². The maximum absolute atomic E-state index is 10.6. The number of benzene rings is 1. The number of aryl methyl sites for hydroxylation is 1. The average molecular weight is 227 g/mol. The molecule has 0 fully saturated rings. The first-order valence-electron chi connectivity index (χ1n) is 4.64. The van der Waals surface area contributed by atoms with E-state index in [4.69, 9.17) is 5.11 Å². The molecule has 0 saturated carbocycles. The summed E-state index contributed by atoms with van der Waals surface area (Å²) in [5, 5.41) is 19.2. The number of aliphatic hydroxyl groups excluding tert-OH is 1. The fourth-order valence-electron chi connectivity index (χ4n) is 1.18. The largest absolute Gasteiger partial charge is 0.396 e. The lowest BCUT2D eigenvalue weighted by atomic mass is 10.2. The summed E-state index contributed by atoms with van der Waals surface area (Å²) in [5.41, 5.74) is 0.829. The van der Waals surface area contributed by atoms with Crippen molar-refractivity contribution in [3.05, 3.63) is 33.9 Å². The quantitative estimate of drug-likeness (QED) is 0.363. The predicted octanol–water partition coefficient (Wildman–Crippen LogP) is 2.38. The molecule has 0 atom stereocenters. The summed E-state index contributed by atoms with van der Waals surface area (Å²) >= 11 is 1.60. The van der Waals surface area contributed by atoms with Crippen LogP contribution in [0.2, 0.25) is 0 Å². The number of thioether (sulfide) groups is 1. The summed E-state index contributed by atoms with van der Waals surface area (Å²) < 4.78 is 0. The Morgan fingerprint density at radius 3 is 2.80 bits per heavy atom. The monoisotopic (exact) mass is 227 g/mol. The minimum atomic E-state index is -0.377. The normalized spacial score (nSPS) is 10.3. The summed E-state index contributed by atoms with van der Waals surface area (Å²) in [7, 11) is 0. The molecule has 1 aromatic rings. The SMILES string of the molecule is Cc1cc(SCCCO)ccc1[N+](=O)[O-]. The Bertz CT molecular complexity index is 355. The van der Waals surface area contributed by atoms with Crippen LogP contribution in [0, 0.1) is 17.0 Å². The highest BCUT2D eigenvalue weighted by Crippen LogP contribution is 2.25. The lowest BCUT2D eigenvalue weighted by Gasteiger charge is -2.02. The molecule has 0 radical (unpaired) electrons. The third kappa shape index (κ3) is 3.53. The van der Waals surface area contributed by atoms with Crippen LogP contribution in [0.1, 0.15) is 12.0 Å². The topological polar surface area (TPSA) is 63.4 Å². The molecule has 0 aliphatic carbocycles. The van der Waals surface area contributed by atoms with E-state index in [1.54, 1.807) is 30.8 Å². The molecule has 0 aliphatic heterocycles. The lowest BCUT2D eigenvalue weighted by molar-refractivity contribution is -0.385. The molecule has 0 bridgehead atoms. The molecule has 0 heterocycles. The first kappa shape index (κ1) is 12.0. The van der Waals surface area contributed by atoms with E-state index in [-0.39, 0.29) is 17.2 Å². The van der Waals surface area contributed by atoms with Gasteiger partial charge in [0.05, 0.1) is 4.92 Å². The fraction of sp³-hybridized carbons (Fsp3) is 0.400. The van der Waals surface area contributed by atoms with Gasteiger partial charge < -0.3 is 5.11 Å². The van der Waals surface area contributed by atoms with Crippen LogP contribution in [0.15, 0.2) is 23.1 Å². The van der Waals surface area contributed by atoms with Gasteiger partial charge >= 0.3 is 0 Å². The van der Waals surface area contributed by atoms with E-state index in [1.165, 1.54) is 6.07 Å². The van der Waals surface area contributed by atoms with Crippen molar-refractivity contribution in [3.63, 3.8) is 0 Å². The molecule has 0 aromatic heterocycles. The number of hydrogen-bond donors (Lipinski definition) is 1. The van der Waals surface area contributed by atoms with Gasteiger partial charge in [-0.05, 0) is 25.5 Å². The average Bonchev–Trinajstić information content (AvgIpc) is 2.17. The molecule has 82 valence electrons. The molecule has 0 saturated heterocycles. The molecule has 1 aromatic carbocycles. The van der Waals surface area contributed by atoms with Gasteiger partial charge in [0.2, 0.25) is 0 Å². The van der Waals surface area contributed by atoms with E-state index in [1.807, 2.05) is 0 Å². The van der Waals surface area contributed by atoms with Gasteiger partial charge in [0.15, 0.2) is 0 Å². The summed E-state index contributed by atoms with van der Waals surface area (Å²) in [5.74, 6) is 0.827. The highest BCUT2D eigenvalue weighted by molar-refractivity contribution is 7.99. The lowest BCUT2D eigenvalue weighted by Crippen LogP contribution is -1.92. The van der Waals surface area contributed by atoms with Crippen molar-refractivity contribution in [1.82, 2.24) is 0 Å². The molecule has 0 spiro atoms. The maximum atomic E-state index is 10.6. The van der Waals surface area contributed by atoms with Crippen molar-refractivity contribution in [2.75, 3.05) is 12.4 Å². The van der Waals surface area contributed by atoms with Gasteiger partial charge in [0.1, 0.15) is 0 Å². The second-order valence-electron chi connectivity index (χ2n) is 3.13. The molecular weight excluding hydrogens is 214 g/mol. The molecule has 0 amide bonds. The van der Waals surface area contributed by atoms with Crippen LogP contribution < -0.4 is 0 Å². The molecule has 0 unspecified atom stereocenters. The zero-order chi connectivity index (χ0) is 11.3. The summed E-state index contributed by atoms with van der Waals surface area (Å²) in [6.45, 7) is 1.91. The van der Waals surface area contributed by atoms with Gasteiger partial charge in [-0.25, -0.2) is 0 Å². The van der Waals surface area contributed by atoms with Crippen molar-refractivity contribution in [2.45, 2.75) is 18.2 Å². The van der Waals surface area contributed by atoms with Gasteiger partial charge in [-0.1, -0.05) is 0 Å². The van der Waals surface area contributed by atoms with Crippen molar-refractivity contribution in [2.24, 2.45) is 0 Å². The van der Waals surface area contributed by atoms with Crippen molar-refractivity contribution in [3.8, 4) is 0 Å². The Morgan fingerprint density at radius 1 is 1.53 bits per heavy atom. The Labute approximate surface area is 92.5 Å². The summed E-state index contributed by atoms with van der Waals surface area (Å²) in [6, 6.07) is 5.07. The van der Waals surface area contributed by atoms with E-state index < -0.39 is 0 Å². The molecule has 0 aliphatic rings. The highest BCUT2D eigenvalue weighted by atomic mass is 32.2. The number of aliphatic hydroxyl groups is 1. The van der Waals surface area contributed by atoms with Crippen molar-refractivity contribution in [1.29, 1.82) is 0 Å². The minimum Gasteiger partial charge on any atom is -0.396 e. The minimum absolute atomic E-state index is 0.154. The van der Waals surface area contributed by atoms with Gasteiger partial charge in [-0.2, -0.15) is 0 Å². The Kier molecular flexibility index (Phi) is 4.58. The predicted molar refractivity (Wildman–Crippen MR) is 60.3 cm³/mol. The van der Waals surface area contributed by atoms with Crippen LogP contribution in [0.3, 0.4) is 0 Å². The smallest absolute Gasteiger partial charge is 0.272 e. The van der Waals surface area contributed by atoms with E-state index in [9.17, 15) is 10.1 Å². The number of nitro groups is 1. The van der Waals surface area contributed by atoms with Gasteiger partial charge in [0, 0.05) is 28.9 Å². The van der Waals surface area contributed by atoms with E-state index in [0.29, 0.717) is 5.56 Å². The van der Waals surface area contributed by atoms with Crippen LogP contribution in [-0.2, 0) is 0 Å².